The highest BCUT2D eigenvalue weighted by molar-refractivity contribution is 5.95. The maximum Gasteiger partial charge on any atom is 0.251 e. The highest BCUT2D eigenvalue weighted by Gasteiger charge is 2.08. The van der Waals surface area contributed by atoms with Crippen LogP contribution in [0.3, 0.4) is 0 Å². The lowest BCUT2D eigenvalue weighted by Crippen LogP contribution is -2.22. The van der Waals surface area contributed by atoms with Crippen molar-refractivity contribution in [3.8, 4) is 0 Å². The number of hydrogen-bond donors (Lipinski definition) is 2. The molecule has 20 heavy (non-hydrogen) atoms. The Labute approximate surface area is 115 Å². The van der Waals surface area contributed by atoms with Crippen molar-refractivity contribution in [1.29, 1.82) is 0 Å². The van der Waals surface area contributed by atoms with Gasteiger partial charge in [-0.2, -0.15) is 0 Å². The number of carbonyl (C=O) groups excluding carboxylic acids is 2. The van der Waals surface area contributed by atoms with Gasteiger partial charge in [-0.3, -0.25) is 9.59 Å². The second-order valence-electron chi connectivity index (χ2n) is 4.16. The predicted octanol–water partition coefficient (Wildman–Crippen LogP) is 1.27. The molecule has 0 fully saturated rings. The lowest BCUT2D eigenvalue weighted by Gasteiger charge is -2.05. The molecule has 1 aromatic carbocycles. The van der Waals surface area contributed by atoms with Crippen LogP contribution in [-0.4, -0.2) is 22.0 Å². The number of amides is 2. The molecule has 7 nitrogen and oxygen atoms in total. The highest BCUT2D eigenvalue weighted by atomic mass is 16.4. The van der Waals surface area contributed by atoms with Crippen LogP contribution in [0, 0.1) is 6.92 Å². The van der Waals surface area contributed by atoms with Crippen LogP contribution in [0.2, 0.25) is 0 Å². The van der Waals surface area contributed by atoms with Gasteiger partial charge in [-0.25, -0.2) is 0 Å². The fourth-order valence-corrected chi connectivity index (χ4v) is 1.58. The third-order valence-corrected chi connectivity index (χ3v) is 2.44. The monoisotopic (exact) mass is 274 g/mol. The van der Waals surface area contributed by atoms with E-state index >= 15 is 0 Å². The molecule has 0 aliphatic carbocycles. The number of nitrogens with zero attached hydrogens (tertiary/aromatic N) is 2. The molecule has 7 heteroatoms. The Morgan fingerprint density at radius 2 is 1.90 bits per heavy atom. The Morgan fingerprint density at radius 3 is 2.45 bits per heavy atom. The zero-order valence-electron chi connectivity index (χ0n) is 11.1. The first-order valence-electron chi connectivity index (χ1n) is 5.99. The second kappa shape index (κ2) is 5.96. The zero-order valence-corrected chi connectivity index (χ0v) is 11.1. The standard InChI is InChI=1S/C13H14N4O3/c1-8(18)15-11-5-3-10(4-6-11)13(19)14-7-12-17-16-9(2)20-12/h3-6H,7H2,1-2H3,(H,14,19)(H,15,18). The van der Waals surface area contributed by atoms with Gasteiger partial charge in [-0.1, -0.05) is 0 Å². The Morgan fingerprint density at radius 1 is 1.20 bits per heavy atom. The molecule has 2 N–H and O–H groups in total. The minimum Gasteiger partial charge on any atom is -0.424 e. The zero-order chi connectivity index (χ0) is 14.5. The Hall–Kier alpha value is -2.70. The third kappa shape index (κ3) is 3.64. The Balaban J connectivity index is 1.93. The number of benzene rings is 1. The molecular formula is C13H14N4O3. The first kappa shape index (κ1) is 13.7. The lowest BCUT2D eigenvalue weighted by molar-refractivity contribution is -0.114. The van der Waals surface area contributed by atoms with Crippen molar-refractivity contribution in [1.82, 2.24) is 15.5 Å². The van der Waals surface area contributed by atoms with Gasteiger partial charge in [0.15, 0.2) is 0 Å². The summed E-state index contributed by atoms with van der Waals surface area (Å²) in [6, 6.07) is 6.57. The quantitative estimate of drug-likeness (QED) is 0.875. The normalized spacial score (nSPS) is 10.1. The molecule has 1 aromatic heterocycles. The summed E-state index contributed by atoms with van der Waals surface area (Å²) < 4.78 is 5.15. The van der Waals surface area contributed by atoms with Gasteiger partial charge in [0.05, 0.1) is 6.54 Å². The van der Waals surface area contributed by atoms with Crippen LogP contribution in [-0.2, 0) is 11.3 Å². The molecular weight excluding hydrogens is 260 g/mol. The van der Waals surface area contributed by atoms with Crippen LogP contribution in [0.5, 0.6) is 0 Å². The van der Waals surface area contributed by atoms with Crippen LogP contribution in [0.15, 0.2) is 28.7 Å². The van der Waals surface area contributed by atoms with Gasteiger partial charge in [0, 0.05) is 25.1 Å². The summed E-state index contributed by atoms with van der Waals surface area (Å²) >= 11 is 0. The fraction of sp³-hybridized carbons (Fsp3) is 0.231. The van der Waals surface area contributed by atoms with Crippen molar-refractivity contribution in [3.63, 3.8) is 0 Å². The van der Waals surface area contributed by atoms with E-state index in [-0.39, 0.29) is 18.4 Å². The van der Waals surface area contributed by atoms with Crippen LogP contribution >= 0.6 is 0 Å². The summed E-state index contributed by atoms with van der Waals surface area (Å²) in [7, 11) is 0. The van der Waals surface area contributed by atoms with Crippen LogP contribution in [0.1, 0.15) is 29.1 Å². The van der Waals surface area contributed by atoms with E-state index in [1.54, 1.807) is 31.2 Å². The average Bonchev–Trinajstić information content (AvgIpc) is 2.82. The van der Waals surface area contributed by atoms with E-state index in [2.05, 4.69) is 20.8 Å². The summed E-state index contributed by atoms with van der Waals surface area (Å²) in [5, 5.41) is 12.7. The summed E-state index contributed by atoms with van der Waals surface area (Å²) in [6.07, 6.45) is 0. The largest absolute Gasteiger partial charge is 0.424 e. The first-order valence-corrected chi connectivity index (χ1v) is 5.99. The third-order valence-electron chi connectivity index (χ3n) is 2.44. The summed E-state index contributed by atoms with van der Waals surface area (Å²) in [5.74, 6) is 0.392. The molecule has 0 unspecified atom stereocenters. The van der Waals surface area contributed by atoms with Gasteiger partial charge in [-0.05, 0) is 24.3 Å². The van der Waals surface area contributed by atoms with Gasteiger partial charge in [0.25, 0.3) is 5.91 Å². The maximum atomic E-state index is 11.9. The summed E-state index contributed by atoms with van der Waals surface area (Å²) in [4.78, 5) is 22.7. The summed E-state index contributed by atoms with van der Waals surface area (Å²) in [6.45, 7) is 3.28. The van der Waals surface area contributed by atoms with Crippen molar-refractivity contribution < 1.29 is 14.0 Å². The Bertz CT molecular complexity index is 619. The fourth-order valence-electron chi connectivity index (χ4n) is 1.58. The number of aryl methyl sites for hydroxylation is 1. The van der Waals surface area contributed by atoms with E-state index in [1.807, 2.05) is 0 Å². The number of anilines is 1. The van der Waals surface area contributed by atoms with E-state index in [4.69, 9.17) is 4.42 Å². The van der Waals surface area contributed by atoms with Crippen molar-refractivity contribution in [3.05, 3.63) is 41.6 Å². The van der Waals surface area contributed by atoms with Crippen molar-refractivity contribution in [2.75, 3.05) is 5.32 Å². The number of nitrogens with one attached hydrogen (secondary N) is 2. The maximum absolute atomic E-state index is 11.9. The number of aromatic nitrogens is 2. The minimum atomic E-state index is -0.254. The smallest absolute Gasteiger partial charge is 0.251 e. The van der Waals surface area contributed by atoms with Gasteiger partial charge >= 0.3 is 0 Å². The molecule has 0 atom stereocenters. The minimum absolute atomic E-state index is 0.158. The predicted molar refractivity (Wildman–Crippen MR) is 71.0 cm³/mol. The van der Waals surface area contributed by atoms with Gasteiger partial charge in [-0.15, -0.1) is 10.2 Å². The van der Waals surface area contributed by atoms with E-state index in [0.717, 1.165) is 0 Å². The molecule has 1 heterocycles. The number of rotatable bonds is 4. The highest BCUT2D eigenvalue weighted by Crippen LogP contribution is 2.09. The van der Waals surface area contributed by atoms with Gasteiger partial charge in [0.2, 0.25) is 17.7 Å². The Kier molecular flexibility index (Phi) is 4.09. The van der Waals surface area contributed by atoms with Crippen LogP contribution < -0.4 is 10.6 Å². The molecule has 2 aromatic rings. The van der Waals surface area contributed by atoms with Crippen molar-refractivity contribution >= 4 is 17.5 Å². The van der Waals surface area contributed by atoms with Crippen molar-refractivity contribution in [2.24, 2.45) is 0 Å². The molecule has 2 amide bonds. The van der Waals surface area contributed by atoms with Crippen LogP contribution in [0.25, 0.3) is 0 Å². The molecule has 0 spiro atoms. The van der Waals surface area contributed by atoms with E-state index in [0.29, 0.717) is 23.0 Å². The molecule has 0 aliphatic heterocycles. The second-order valence-corrected chi connectivity index (χ2v) is 4.16. The topological polar surface area (TPSA) is 97.1 Å². The molecule has 0 saturated carbocycles. The molecule has 0 aliphatic rings. The van der Waals surface area contributed by atoms with E-state index < -0.39 is 0 Å². The average molecular weight is 274 g/mol. The molecule has 2 rings (SSSR count). The molecule has 0 saturated heterocycles. The first-order chi connectivity index (χ1) is 9.54. The van der Waals surface area contributed by atoms with Crippen LogP contribution in [0.4, 0.5) is 5.69 Å². The van der Waals surface area contributed by atoms with Crippen molar-refractivity contribution in [2.45, 2.75) is 20.4 Å². The van der Waals surface area contributed by atoms with E-state index in [9.17, 15) is 9.59 Å². The molecule has 0 bridgehead atoms. The van der Waals surface area contributed by atoms with Gasteiger partial charge in [0.1, 0.15) is 0 Å². The molecule has 104 valence electrons. The van der Waals surface area contributed by atoms with E-state index in [1.165, 1.54) is 6.92 Å². The SMILES string of the molecule is CC(=O)Nc1ccc(C(=O)NCc2nnc(C)o2)cc1. The van der Waals surface area contributed by atoms with Gasteiger partial charge < -0.3 is 15.1 Å². The lowest BCUT2D eigenvalue weighted by atomic mass is 10.2. The summed E-state index contributed by atoms with van der Waals surface area (Å²) in [5.41, 5.74) is 1.12. The number of hydrogen-bond acceptors (Lipinski definition) is 5. The number of carbonyl (C=O) groups is 2. The molecule has 0 radical (unpaired) electrons.